The fourth-order valence-corrected chi connectivity index (χ4v) is 6.16. The number of ketones is 1. The lowest BCUT2D eigenvalue weighted by atomic mass is 10.1. The average molecular weight is 493 g/mol. The summed E-state index contributed by atoms with van der Waals surface area (Å²) in [5.41, 5.74) is 0.788. The van der Waals surface area contributed by atoms with Gasteiger partial charge in [0.15, 0.2) is 5.78 Å². The minimum Gasteiger partial charge on any atom is -0.497 e. The van der Waals surface area contributed by atoms with E-state index in [1.54, 1.807) is 18.2 Å². The summed E-state index contributed by atoms with van der Waals surface area (Å²) < 4.78 is 39.3. The molecule has 0 saturated heterocycles. The molecule has 10 nitrogen and oxygen atoms in total. The fraction of sp³-hybridized carbons (Fsp3) is 0.381. The first-order valence-electron chi connectivity index (χ1n) is 10.1. The van der Waals surface area contributed by atoms with Crippen molar-refractivity contribution in [3.8, 4) is 11.5 Å². The summed E-state index contributed by atoms with van der Waals surface area (Å²) in [6.07, 6.45) is 1.76. The highest BCUT2D eigenvalue weighted by Crippen LogP contribution is 2.33. The van der Waals surface area contributed by atoms with Gasteiger partial charge in [-0.3, -0.25) is 14.2 Å². The van der Waals surface area contributed by atoms with Crippen LogP contribution in [0.15, 0.2) is 29.3 Å². The number of thiophene rings is 1. The molecular formula is C21H24N4O6S2. The van der Waals surface area contributed by atoms with Gasteiger partial charge in [0.05, 0.1) is 38.0 Å². The Morgan fingerprint density at radius 2 is 2.00 bits per heavy atom. The molecule has 1 aliphatic rings. The molecule has 0 spiro atoms. The molecule has 0 saturated carbocycles. The van der Waals surface area contributed by atoms with Crippen molar-refractivity contribution < 1.29 is 22.7 Å². The predicted octanol–water partition coefficient (Wildman–Crippen LogP) is 1.52. The third kappa shape index (κ3) is 4.14. The first kappa shape index (κ1) is 23.4. The maximum absolute atomic E-state index is 13.3. The zero-order valence-corrected chi connectivity index (χ0v) is 20.3. The molecule has 3 heterocycles. The molecule has 1 aromatic carbocycles. The highest BCUT2D eigenvalue weighted by atomic mass is 32.2. The second kappa shape index (κ2) is 8.86. The number of rotatable bonds is 7. The Bertz CT molecular complexity index is 1390. The van der Waals surface area contributed by atoms with Gasteiger partial charge in [0.1, 0.15) is 16.3 Å². The predicted molar refractivity (Wildman–Crippen MR) is 124 cm³/mol. The molecule has 33 heavy (non-hydrogen) atoms. The van der Waals surface area contributed by atoms with Crippen molar-refractivity contribution in [2.24, 2.45) is 0 Å². The van der Waals surface area contributed by atoms with Crippen molar-refractivity contribution in [1.29, 1.82) is 0 Å². The Morgan fingerprint density at radius 1 is 1.24 bits per heavy atom. The number of hydrogen-bond acceptors (Lipinski definition) is 8. The van der Waals surface area contributed by atoms with E-state index in [0.717, 1.165) is 10.4 Å². The molecule has 0 N–H and O–H groups in total. The van der Waals surface area contributed by atoms with Crippen LogP contribution in [-0.2, 0) is 29.7 Å². The third-order valence-corrected chi connectivity index (χ3v) is 8.61. The number of Topliss-reactive ketones (excluding diaryl/α,β-unsaturated/α-hetero) is 1. The van der Waals surface area contributed by atoms with Crippen molar-refractivity contribution in [2.75, 3.05) is 34.9 Å². The number of hydrogen-bond donors (Lipinski definition) is 0. The third-order valence-electron chi connectivity index (χ3n) is 5.60. The van der Waals surface area contributed by atoms with Crippen LogP contribution in [0.1, 0.15) is 20.8 Å². The molecule has 0 bridgehead atoms. The summed E-state index contributed by atoms with van der Waals surface area (Å²) in [5, 5.41) is 0.449. The van der Waals surface area contributed by atoms with Gasteiger partial charge in [0, 0.05) is 32.1 Å². The zero-order valence-electron chi connectivity index (χ0n) is 18.7. The van der Waals surface area contributed by atoms with Crippen LogP contribution in [0, 0.1) is 0 Å². The highest BCUT2D eigenvalue weighted by Gasteiger charge is 2.31. The van der Waals surface area contributed by atoms with Crippen molar-refractivity contribution in [3.05, 3.63) is 50.9 Å². The van der Waals surface area contributed by atoms with E-state index in [-0.39, 0.29) is 31.0 Å². The van der Waals surface area contributed by atoms with Gasteiger partial charge < -0.3 is 9.47 Å². The van der Waals surface area contributed by atoms with Gasteiger partial charge in [-0.15, -0.1) is 11.3 Å². The van der Waals surface area contributed by atoms with Gasteiger partial charge in [-0.1, -0.05) is 0 Å². The zero-order chi connectivity index (χ0) is 23.9. The lowest BCUT2D eigenvalue weighted by Crippen LogP contribution is -2.42. The van der Waals surface area contributed by atoms with Crippen LogP contribution in [0.4, 0.5) is 0 Å². The summed E-state index contributed by atoms with van der Waals surface area (Å²) in [6, 6.07) is 4.90. The number of nitrogens with zero attached hydrogens (tertiary/aromatic N) is 4. The number of benzene rings is 1. The van der Waals surface area contributed by atoms with E-state index in [0.29, 0.717) is 33.7 Å². The van der Waals surface area contributed by atoms with Crippen LogP contribution in [0.3, 0.4) is 0 Å². The van der Waals surface area contributed by atoms with E-state index < -0.39 is 10.2 Å². The van der Waals surface area contributed by atoms with Crippen molar-refractivity contribution >= 4 is 37.5 Å². The normalized spacial score (nSPS) is 14.5. The molecule has 2 aromatic heterocycles. The number of methoxy groups -OCH3 is 2. The van der Waals surface area contributed by atoms with Crippen molar-refractivity contribution in [3.63, 3.8) is 0 Å². The van der Waals surface area contributed by atoms with Gasteiger partial charge >= 0.3 is 0 Å². The number of carbonyl (C=O) groups excluding carboxylic acids is 1. The van der Waals surface area contributed by atoms with Gasteiger partial charge in [-0.05, 0) is 30.2 Å². The van der Waals surface area contributed by atoms with E-state index in [2.05, 4.69) is 4.98 Å². The first-order chi connectivity index (χ1) is 15.7. The lowest BCUT2D eigenvalue weighted by molar-refractivity contribution is 0.0967. The molecule has 0 amide bonds. The molecule has 1 aliphatic heterocycles. The topological polar surface area (TPSA) is 111 Å². The van der Waals surface area contributed by atoms with E-state index in [1.165, 1.54) is 59.2 Å². The number of fused-ring (bicyclic) bond motifs is 3. The van der Waals surface area contributed by atoms with Gasteiger partial charge in [0.2, 0.25) is 0 Å². The van der Waals surface area contributed by atoms with Crippen molar-refractivity contribution in [2.45, 2.75) is 19.5 Å². The first-order valence-corrected chi connectivity index (χ1v) is 12.3. The van der Waals surface area contributed by atoms with E-state index >= 15 is 0 Å². The fourth-order valence-electron chi connectivity index (χ4n) is 3.81. The Kier molecular flexibility index (Phi) is 6.27. The summed E-state index contributed by atoms with van der Waals surface area (Å²) in [7, 11) is 2.40. The van der Waals surface area contributed by atoms with E-state index in [9.17, 15) is 18.0 Å². The monoisotopic (exact) mass is 492 g/mol. The molecule has 0 atom stereocenters. The Hall–Kier alpha value is -2.80. The van der Waals surface area contributed by atoms with Crippen LogP contribution < -0.4 is 15.0 Å². The van der Waals surface area contributed by atoms with Crippen LogP contribution >= 0.6 is 11.3 Å². The molecule has 0 radical (unpaired) electrons. The summed E-state index contributed by atoms with van der Waals surface area (Å²) in [4.78, 5) is 32.0. The second-order valence-electron chi connectivity index (χ2n) is 7.72. The molecule has 12 heteroatoms. The SMILES string of the molecule is COc1ccc(OC)c(C(=O)Cn2cnc3sc4c(c3c2=O)CCN(S(=O)(=O)N(C)C)C4)c1. The van der Waals surface area contributed by atoms with E-state index in [4.69, 9.17) is 9.47 Å². The molecule has 0 aliphatic carbocycles. The minimum absolute atomic E-state index is 0.191. The number of aromatic nitrogens is 2. The Labute approximate surface area is 195 Å². The maximum Gasteiger partial charge on any atom is 0.281 e. The average Bonchev–Trinajstić information content (AvgIpc) is 3.18. The molecule has 0 fully saturated rings. The molecule has 3 aromatic rings. The summed E-state index contributed by atoms with van der Waals surface area (Å²) >= 11 is 1.31. The van der Waals surface area contributed by atoms with Gasteiger partial charge in [-0.25, -0.2) is 4.98 Å². The number of carbonyl (C=O) groups is 1. The summed E-state index contributed by atoms with van der Waals surface area (Å²) in [6.45, 7) is 0.251. The molecular weight excluding hydrogens is 468 g/mol. The lowest BCUT2D eigenvalue weighted by Gasteiger charge is -2.28. The standard InChI is InChI=1S/C21H24N4O6S2/c1-23(2)33(28,29)25-8-7-14-18(11-25)32-20-19(14)21(27)24(12-22-20)10-16(26)15-9-13(30-3)5-6-17(15)31-4/h5-6,9,12H,7-8,10-11H2,1-4H3. The molecule has 0 unspecified atom stereocenters. The highest BCUT2D eigenvalue weighted by molar-refractivity contribution is 7.86. The van der Waals surface area contributed by atoms with Crippen LogP contribution in [0.5, 0.6) is 11.5 Å². The maximum atomic E-state index is 13.3. The Balaban J connectivity index is 1.68. The van der Waals surface area contributed by atoms with Crippen molar-refractivity contribution in [1.82, 2.24) is 18.2 Å². The molecule has 4 rings (SSSR count). The smallest absolute Gasteiger partial charge is 0.281 e. The minimum atomic E-state index is -3.55. The van der Waals surface area contributed by atoms with Crippen LogP contribution in [-0.4, -0.2) is 67.2 Å². The quantitative estimate of drug-likeness (QED) is 0.460. The second-order valence-corrected chi connectivity index (χ2v) is 11.0. The van der Waals surface area contributed by atoms with Crippen LogP contribution in [0.2, 0.25) is 0 Å². The Morgan fingerprint density at radius 3 is 2.67 bits per heavy atom. The summed E-state index contributed by atoms with van der Waals surface area (Å²) in [5.74, 6) is 0.573. The molecule has 176 valence electrons. The van der Waals surface area contributed by atoms with Gasteiger partial charge in [-0.2, -0.15) is 17.0 Å². The largest absolute Gasteiger partial charge is 0.497 e. The van der Waals surface area contributed by atoms with Crippen LogP contribution in [0.25, 0.3) is 10.2 Å². The number of ether oxygens (including phenoxy) is 2. The van der Waals surface area contributed by atoms with Gasteiger partial charge in [0.25, 0.3) is 15.8 Å². The van der Waals surface area contributed by atoms with E-state index in [1.807, 2.05) is 0 Å².